The Labute approximate surface area is 169 Å². The lowest BCUT2D eigenvalue weighted by atomic mass is 9.93. The number of anilines is 2. The maximum atomic E-state index is 5.35. The van der Waals surface area contributed by atoms with Gasteiger partial charge in [0.1, 0.15) is 11.5 Å². The van der Waals surface area contributed by atoms with Crippen molar-refractivity contribution in [3.05, 3.63) is 59.8 Å². The Kier molecular flexibility index (Phi) is 6.50. The fraction of sp³-hybridized carbons (Fsp3) is 0.417. The van der Waals surface area contributed by atoms with Crippen LogP contribution in [0.15, 0.2) is 59.8 Å². The number of nitrogens with zero attached hydrogens (tertiary/aromatic N) is 2. The second kappa shape index (κ2) is 9.05. The molecule has 0 fully saturated rings. The van der Waals surface area contributed by atoms with Crippen molar-refractivity contribution in [1.82, 2.24) is 0 Å². The van der Waals surface area contributed by atoms with Crippen molar-refractivity contribution in [2.45, 2.75) is 46.1 Å². The second-order valence-electron chi connectivity index (χ2n) is 7.04. The summed E-state index contributed by atoms with van der Waals surface area (Å²) in [6.07, 6.45) is 3.18. The molecule has 0 spiro atoms. The predicted octanol–water partition coefficient (Wildman–Crippen LogP) is 5.84. The van der Waals surface area contributed by atoms with Gasteiger partial charge in [-0.2, -0.15) is 0 Å². The Balaban J connectivity index is 2.05. The van der Waals surface area contributed by atoms with Crippen LogP contribution in [-0.4, -0.2) is 26.9 Å². The van der Waals surface area contributed by atoms with Gasteiger partial charge < -0.3 is 19.3 Å². The molecule has 0 amide bonds. The number of methoxy groups -OCH3 is 2. The number of ether oxygens (including phenoxy) is 2. The monoisotopic (exact) mass is 380 g/mol. The third-order valence-electron chi connectivity index (χ3n) is 5.66. The van der Waals surface area contributed by atoms with Gasteiger partial charge in [0.05, 0.1) is 26.9 Å². The van der Waals surface area contributed by atoms with Crippen LogP contribution in [0.2, 0.25) is 0 Å². The lowest BCUT2D eigenvalue weighted by Crippen LogP contribution is -2.50. The van der Waals surface area contributed by atoms with Gasteiger partial charge in [-0.3, -0.25) is 0 Å². The zero-order valence-electron chi connectivity index (χ0n) is 17.7. The molecule has 1 aliphatic heterocycles. The lowest BCUT2D eigenvalue weighted by Gasteiger charge is -2.46. The van der Waals surface area contributed by atoms with Gasteiger partial charge in [0.15, 0.2) is 0 Å². The zero-order valence-corrected chi connectivity index (χ0v) is 17.7. The van der Waals surface area contributed by atoms with E-state index in [1.54, 1.807) is 14.2 Å². The minimum Gasteiger partial charge on any atom is -0.497 e. The summed E-state index contributed by atoms with van der Waals surface area (Å²) in [6.45, 7) is 7.66. The Morgan fingerprint density at radius 2 is 1.32 bits per heavy atom. The molecule has 4 nitrogen and oxygen atoms in total. The van der Waals surface area contributed by atoms with Crippen molar-refractivity contribution in [2.24, 2.45) is 0 Å². The summed E-state index contributed by atoms with van der Waals surface area (Å²) in [5.74, 6) is 1.78. The molecular weight excluding hydrogens is 348 g/mol. The topological polar surface area (TPSA) is 24.9 Å². The highest BCUT2D eigenvalue weighted by molar-refractivity contribution is 5.62. The van der Waals surface area contributed by atoms with Crippen LogP contribution < -0.4 is 19.3 Å². The molecule has 0 N–H and O–H groups in total. The number of hydrogen-bond donors (Lipinski definition) is 0. The summed E-state index contributed by atoms with van der Waals surface area (Å²) in [4.78, 5) is 4.97. The minimum absolute atomic E-state index is 0.419. The molecule has 0 saturated carbocycles. The SMILES string of the molecule is CCC1=C(CC)N(c2ccc(OC)cc2)CN(c2ccc(OC)cc2)C1CC. The van der Waals surface area contributed by atoms with E-state index in [4.69, 9.17) is 9.47 Å². The summed E-state index contributed by atoms with van der Waals surface area (Å²) < 4.78 is 10.7. The minimum atomic E-state index is 0.419. The van der Waals surface area contributed by atoms with Gasteiger partial charge in [-0.25, -0.2) is 0 Å². The number of rotatable bonds is 7. The van der Waals surface area contributed by atoms with Crippen LogP contribution in [0.25, 0.3) is 0 Å². The third kappa shape index (κ3) is 3.82. The first-order valence-corrected chi connectivity index (χ1v) is 10.2. The van der Waals surface area contributed by atoms with E-state index in [1.165, 1.54) is 22.6 Å². The van der Waals surface area contributed by atoms with Crippen LogP contribution >= 0.6 is 0 Å². The van der Waals surface area contributed by atoms with Gasteiger partial charge in [-0.05, 0) is 73.4 Å². The standard InChI is InChI=1S/C24H32N2O2/c1-6-22-23(7-2)25(18-9-13-20(27-4)14-10-18)17-26(24(22)8-3)19-11-15-21(28-5)16-12-19/h9-16,23H,6-8,17H2,1-5H3. The molecule has 0 bridgehead atoms. The van der Waals surface area contributed by atoms with Crippen LogP contribution in [0.1, 0.15) is 40.0 Å². The first kappa shape index (κ1) is 20.1. The quantitative estimate of drug-likeness (QED) is 0.602. The highest BCUT2D eigenvalue weighted by Gasteiger charge is 2.32. The molecule has 1 unspecified atom stereocenters. The van der Waals surface area contributed by atoms with Crippen molar-refractivity contribution < 1.29 is 9.47 Å². The van der Waals surface area contributed by atoms with Crippen LogP contribution in [-0.2, 0) is 0 Å². The molecule has 1 aliphatic rings. The molecule has 0 aliphatic carbocycles. The average Bonchev–Trinajstić information content (AvgIpc) is 2.77. The molecule has 3 rings (SSSR count). The summed E-state index contributed by atoms with van der Waals surface area (Å²) >= 11 is 0. The molecule has 1 atom stereocenters. The summed E-state index contributed by atoms with van der Waals surface area (Å²) in [6, 6.07) is 17.2. The summed E-state index contributed by atoms with van der Waals surface area (Å²) in [7, 11) is 3.42. The molecule has 28 heavy (non-hydrogen) atoms. The highest BCUT2D eigenvalue weighted by Crippen LogP contribution is 2.37. The van der Waals surface area contributed by atoms with E-state index in [2.05, 4.69) is 54.8 Å². The highest BCUT2D eigenvalue weighted by atomic mass is 16.5. The average molecular weight is 381 g/mol. The first-order chi connectivity index (χ1) is 13.7. The molecule has 0 aromatic heterocycles. The molecule has 2 aromatic rings. The van der Waals surface area contributed by atoms with Crippen LogP contribution in [0, 0.1) is 0 Å². The van der Waals surface area contributed by atoms with E-state index >= 15 is 0 Å². The van der Waals surface area contributed by atoms with Gasteiger partial charge in [-0.1, -0.05) is 20.8 Å². The smallest absolute Gasteiger partial charge is 0.119 e. The van der Waals surface area contributed by atoms with Crippen LogP contribution in [0.4, 0.5) is 11.4 Å². The van der Waals surface area contributed by atoms with E-state index in [1.807, 2.05) is 24.3 Å². The van der Waals surface area contributed by atoms with Crippen molar-refractivity contribution in [2.75, 3.05) is 30.7 Å². The Morgan fingerprint density at radius 3 is 1.75 bits per heavy atom. The van der Waals surface area contributed by atoms with Crippen molar-refractivity contribution >= 4 is 11.4 Å². The molecule has 4 heteroatoms. The van der Waals surface area contributed by atoms with E-state index in [0.717, 1.165) is 37.4 Å². The van der Waals surface area contributed by atoms with E-state index in [9.17, 15) is 0 Å². The number of benzene rings is 2. The van der Waals surface area contributed by atoms with Gasteiger partial charge >= 0.3 is 0 Å². The Hall–Kier alpha value is -2.62. The number of hydrogen-bond acceptors (Lipinski definition) is 4. The van der Waals surface area contributed by atoms with Gasteiger partial charge in [0.2, 0.25) is 0 Å². The first-order valence-electron chi connectivity index (χ1n) is 10.2. The van der Waals surface area contributed by atoms with Crippen LogP contribution in [0.3, 0.4) is 0 Å². The number of allylic oxidation sites excluding steroid dienone is 1. The van der Waals surface area contributed by atoms with Gasteiger partial charge in [0.25, 0.3) is 0 Å². The third-order valence-corrected chi connectivity index (χ3v) is 5.66. The maximum Gasteiger partial charge on any atom is 0.119 e. The lowest BCUT2D eigenvalue weighted by molar-refractivity contribution is 0.414. The molecular formula is C24H32N2O2. The predicted molar refractivity (Wildman–Crippen MR) is 118 cm³/mol. The molecule has 2 aromatic carbocycles. The summed E-state index contributed by atoms with van der Waals surface area (Å²) in [5.41, 5.74) is 5.41. The van der Waals surface area contributed by atoms with E-state index in [0.29, 0.717) is 6.04 Å². The zero-order chi connectivity index (χ0) is 20.1. The van der Waals surface area contributed by atoms with Crippen molar-refractivity contribution in [1.29, 1.82) is 0 Å². The van der Waals surface area contributed by atoms with Gasteiger partial charge in [-0.15, -0.1) is 0 Å². The molecule has 0 saturated heterocycles. The largest absolute Gasteiger partial charge is 0.497 e. The fourth-order valence-electron chi connectivity index (χ4n) is 4.25. The molecule has 150 valence electrons. The Bertz CT molecular complexity index is 796. The maximum absolute atomic E-state index is 5.35. The van der Waals surface area contributed by atoms with Crippen molar-refractivity contribution in [3.63, 3.8) is 0 Å². The van der Waals surface area contributed by atoms with Gasteiger partial charge in [0, 0.05) is 17.1 Å². The van der Waals surface area contributed by atoms with Crippen molar-refractivity contribution in [3.8, 4) is 11.5 Å². The van der Waals surface area contributed by atoms with Crippen LogP contribution in [0.5, 0.6) is 11.5 Å². The summed E-state index contributed by atoms with van der Waals surface area (Å²) in [5, 5.41) is 0. The van der Waals surface area contributed by atoms with E-state index < -0.39 is 0 Å². The fourth-order valence-corrected chi connectivity index (χ4v) is 4.25. The normalized spacial score (nSPS) is 17.1. The second-order valence-corrected chi connectivity index (χ2v) is 7.04. The molecule has 0 radical (unpaired) electrons. The Morgan fingerprint density at radius 1 is 0.786 bits per heavy atom. The molecule has 1 heterocycles. The van der Waals surface area contributed by atoms with E-state index in [-0.39, 0.29) is 0 Å².